The summed E-state index contributed by atoms with van der Waals surface area (Å²) in [5.74, 6) is 0.640. The molecule has 27 heavy (non-hydrogen) atoms. The molecule has 0 radical (unpaired) electrons. The number of ether oxygens (including phenoxy) is 1. The largest absolute Gasteiger partial charge is 0.454 e. The SMILES string of the molecule is O=C(CNc1ccccc1Oc1ccccc1Cl)NC(=O)NC1CCCC1. The van der Waals surface area contributed by atoms with Crippen molar-refractivity contribution in [2.45, 2.75) is 31.7 Å². The molecule has 1 saturated carbocycles. The molecule has 0 unspecified atom stereocenters. The summed E-state index contributed by atoms with van der Waals surface area (Å²) in [6.45, 7) is -0.0546. The number of imide groups is 1. The van der Waals surface area contributed by atoms with E-state index < -0.39 is 11.9 Å². The Bertz CT molecular complexity index is 807. The first-order valence-corrected chi connectivity index (χ1v) is 9.35. The third kappa shape index (κ3) is 5.62. The van der Waals surface area contributed by atoms with Crippen molar-refractivity contribution in [2.75, 3.05) is 11.9 Å². The number of benzene rings is 2. The number of anilines is 1. The lowest BCUT2D eigenvalue weighted by atomic mass is 10.2. The molecule has 6 nitrogen and oxygen atoms in total. The minimum Gasteiger partial charge on any atom is -0.454 e. The highest BCUT2D eigenvalue weighted by Gasteiger charge is 2.18. The smallest absolute Gasteiger partial charge is 0.321 e. The molecule has 0 aliphatic heterocycles. The first-order chi connectivity index (χ1) is 13.1. The molecule has 1 aliphatic carbocycles. The van der Waals surface area contributed by atoms with Crippen molar-refractivity contribution in [3.05, 3.63) is 53.6 Å². The molecule has 1 aliphatic rings. The van der Waals surface area contributed by atoms with Crippen LogP contribution in [0.3, 0.4) is 0 Å². The predicted molar refractivity (Wildman–Crippen MR) is 105 cm³/mol. The number of carbonyl (C=O) groups is 2. The van der Waals surface area contributed by atoms with Gasteiger partial charge in [-0.2, -0.15) is 0 Å². The Kier molecular flexibility index (Phi) is 6.54. The van der Waals surface area contributed by atoms with E-state index in [0.29, 0.717) is 22.2 Å². The standard InChI is InChI=1S/C20H22ClN3O3/c21-15-9-3-5-11-17(15)27-18-12-6-4-10-16(18)22-13-19(25)24-20(26)23-14-7-1-2-8-14/h3-6,9-12,14,22H,1-2,7-8,13H2,(H2,23,24,25,26). The molecule has 3 rings (SSSR count). The minimum atomic E-state index is -0.450. The van der Waals surface area contributed by atoms with E-state index in [1.807, 2.05) is 24.3 Å². The summed E-state index contributed by atoms with van der Waals surface area (Å²) >= 11 is 6.13. The molecular weight excluding hydrogens is 366 g/mol. The average molecular weight is 388 g/mol. The lowest BCUT2D eigenvalue weighted by Crippen LogP contribution is -2.45. The maximum atomic E-state index is 12.0. The molecule has 3 N–H and O–H groups in total. The Balaban J connectivity index is 1.54. The van der Waals surface area contributed by atoms with Crippen LogP contribution in [0.2, 0.25) is 5.02 Å². The van der Waals surface area contributed by atoms with Crippen molar-refractivity contribution in [2.24, 2.45) is 0 Å². The van der Waals surface area contributed by atoms with Crippen LogP contribution in [0.4, 0.5) is 10.5 Å². The number of hydrogen-bond donors (Lipinski definition) is 3. The van der Waals surface area contributed by atoms with Gasteiger partial charge in [-0.05, 0) is 37.1 Å². The van der Waals surface area contributed by atoms with Crippen molar-refractivity contribution < 1.29 is 14.3 Å². The first-order valence-electron chi connectivity index (χ1n) is 8.97. The number of carbonyl (C=O) groups excluding carboxylic acids is 2. The maximum absolute atomic E-state index is 12.0. The van der Waals surface area contributed by atoms with Gasteiger partial charge < -0.3 is 15.4 Å². The molecule has 142 valence electrons. The molecular formula is C20H22ClN3O3. The highest BCUT2D eigenvalue weighted by atomic mass is 35.5. The number of halogens is 1. The van der Waals surface area contributed by atoms with Gasteiger partial charge in [0.15, 0.2) is 5.75 Å². The van der Waals surface area contributed by atoms with Crippen LogP contribution in [0, 0.1) is 0 Å². The first kappa shape index (κ1) is 19.0. The van der Waals surface area contributed by atoms with Gasteiger partial charge in [0.1, 0.15) is 5.75 Å². The van der Waals surface area contributed by atoms with Crippen LogP contribution in [-0.2, 0) is 4.79 Å². The molecule has 0 heterocycles. The second-order valence-corrected chi connectivity index (χ2v) is 6.79. The topological polar surface area (TPSA) is 79.5 Å². The van der Waals surface area contributed by atoms with Crippen LogP contribution in [-0.4, -0.2) is 24.5 Å². The van der Waals surface area contributed by atoms with Crippen molar-refractivity contribution in [3.8, 4) is 11.5 Å². The number of para-hydroxylation sites is 3. The van der Waals surface area contributed by atoms with Gasteiger partial charge in [-0.3, -0.25) is 10.1 Å². The van der Waals surface area contributed by atoms with Gasteiger partial charge in [0.2, 0.25) is 5.91 Å². The van der Waals surface area contributed by atoms with E-state index in [1.54, 1.807) is 24.3 Å². The molecule has 2 aromatic carbocycles. The summed E-state index contributed by atoms with van der Waals surface area (Å²) in [4.78, 5) is 23.9. The lowest BCUT2D eigenvalue weighted by molar-refractivity contribution is -0.118. The van der Waals surface area contributed by atoms with Crippen molar-refractivity contribution in [1.29, 1.82) is 0 Å². The number of hydrogen-bond acceptors (Lipinski definition) is 4. The van der Waals surface area contributed by atoms with Gasteiger partial charge in [0, 0.05) is 6.04 Å². The van der Waals surface area contributed by atoms with Gasteiger partial charge in [-0.15, -0.1) is 0 Å². The molecule has 3 amide bonds. The summed E-state index contributed by atoms with van der Waals surface area (Å²) in [6, 6.07) is 14.1. The summed E-state index contributed by atoms with van der Waals surface area (Å²) in [5, 5.41) is 8.65. The predicted octanol–water partition coefficient (Wildman–Crippen LogP) is 4.31. The highest BCUT2D eigenvalue weighted by Crippen LogP contribution is 2.33. The molecule has 0 bridgehead atoms. The fourth-order valence-corrected chi connectivity index (χ4v) is 3.16. The molecule has 0 atom stereocenters. The Morgan fingerprint density at radius 3 is 2.41 bits per heavy atom. The molecule has 0 aromatic heterocycles. The van der Waals surface area contributed by atoms with Gasteiger partial charge in [0.05, 0.1) is 17.3 Å². The van der Waals surface area contributed by atoms with Gasteiger partial charge >= 0.3 is 6.03 Å². The number of amides is 3. The molecule has 1 fully saturated rings. The van der Waals surface area contributed by atoms with E-state index in [2.05, 4.69) is 16.0 Å². The van der Waals surface area contributed by atoms with Gasteiger partial charge in [-0.1, -0.05) is 48.7 Å². The zero-order valence-electron chi connectivity index (χ0n) is 14.8. The number of rotatable bonds is 6. The van der Waals surface area contributed by atoms with Crippen LogP contribution in [0.15, 0.2) is 48.5 Å². The third-order valence-electron chi connectivity index (χ3n) is 4.33. The molecule has 0 spiro atoms. The summed E-state index contributed by atoms with van der Waals surface area (Å²) in [6.07, 6.45) is 4.16. The van der Waals surface area contributed by atoms with Gasteiger partial charge in [-0.25, -0.2) is 4.79 Å². The summed E-state index contributed by atoms with van der Waals surface area (Å²) in [7, 11) is 0. The van der Waals surface area contributed by atoms with E-state index in [-0.39, 0.29) is 12.6 Å². The van der Waals surface area contributed by atoms with Crippen molar-refractivity contribution in [3.63, 3.8) is 0 Å². The minimum absolute atomic E-state index is 0.0546. The van der Waals surface area contributed by atoms with E-state index in [0.717, 1.165) is 25.7 Å². The van der Waals surface area contributed by atoms with E-state index >= 15 is 0 Å². The zero-order chi connectivity index (χ0) is 19.1. The lowest BCUT2D eigenvalue weighted by Gasteiger charge is -2.14. The quantitative estimate of drug-likeness (QED) is 0.689. The fourth-order valence-electron chi connectivity index (χ4n) is 2.99. The number of urea groups is 1. The Morgan fingerprint density at radius 2 is 1.67 bits per heavy atom. The van der Waals surface area contributed by atoms with Gasteiger partial charge in [0.25, 0.3) is 0 Å². The molecule has 2 aromatic rings. The second-order valence-electron chi connectivity index (χ2n) is 6.39. The van der Waals surface area contributed by atoms with Crippen molar-refractivity contribution in [1.82, 2.24) is 10.6 Å². The van der Waals surface area contributed by atoms with E-state index in [9.17, 15) is 9.59 Å². The van der Waals surface area contributed by atoms with Crippen LogP contribution in [0.5, 0.6) is 11.5 Å². The van der Waals surface area contributed by atoms with Crippen LogP contribution >= 0.6 is 11.6 Å². The average Bonchev–Trinajstić information content (AvgIpc) is 3.15. The monoisotopic (exact) mass is 387 g/mol. The molecule has 7 heteroatoms. The summed E-state index contributed by atoms with van der Waals surface area (Å²) < 4.78 is 5.84. The van der Waals surface area contributed by atoms with E-state index in [4.69, 9.17) is 16.3 Å². The third-order valence-corrected chi connectivity index (χ3v) is 4.64. The fraction of sp³-hybridized carbons (Fsp3) is 0.300. The Labute approximate surface area is 163 Å². The Hall–Kier alpha value is -2.73. The zero-order valence-corrected chi connectivity index (χ0v) is 15.6. The van der Waals surface area contributed by atoms with Crippen LogP contribution in [0.25, 0.3) is 0 Å². The number of nitrogens with one attached hydrogen (secondary N) is 3. The van der Waals surface area contributed by atoms with Crippen LogP contribution in [0.1, 0.15) is 25.7 Å². The molecule has 0 saturated heterocycles. The highest BCUT2D eigenvalue weighted by molar-refractivity contribution is 6.32. The summed E-state index contributed by atoms with van der Waals surface area (Å²) in [5.41, 5.74) is 0.628. The Morgan fingerprint density at radius 1 is 1.00 bits per heavy atom. The maximum Gasteiger partial charge on any atom is 0.321 e. The van der Waals surface area contributed by atoms with E-state index in [1.165, 1.54) is 0 Å². The van der Waals surface area contributed by atoms with Crippen molar-refractivity contribution >= 4 is 29.2 Å². The van der Waals surface area contributed by atoms with Crippen LogP contribution < -0.4 is 20.7 Å². The second kappa shape index (κ2) is 9.28. The normalized spacial score (nSPS) is 13.8.